The molecule has 5 aliphatic rings. The minimum absolute atomic E-state index is 0.0304. The number of ether oxygens (including phenoxy) is 2. The van der Waals surface area contributed by atoms with Crippen molar-refractivity contribution in [3.63, 3.8) is 0 Å². The van der Waals surface area contributed by atoms with Gasteiger partial charge in [0, 0.05) is 38.1 Å². The van der Waals surface area contributed by atoms with E-state index in [0.29, 0.717) is 25.3 Å². The van der Waals surface area contributed by atoms with E-state index in [1.165, 1.54) is 6.92 Å². The number of anilines is 2. The Labute approximate surface area is 260 Å². The number of nitrogens with one attached hydrogen (secondary N) is 1. The summed E-state index contributed by atoms with van der Waals surface area (Å²) >= 11 is 6.84. The molecule has 3 N–H and O–H groups in total. The normalized spacial score (nSPS) is 30.5. The van der Waals surface area contributed by atoms with Crippen molar-refractivity contribution in [1.29, 1.82) is 0 Å². The number of rotatable bonds is 4. The molecule has 0 aliphatic carbocycles. The Morgan fingerprint density at radius 3 is 2.73 bits per heavy atom. The van der Waals surface area contributed by atoms with E-state index in [4.69, 9.17) is 31.8 Å². The Hall–Kier alpha value is -3.23. The van der Waals surface area contributed by atoms with Crippen LogP contribution in [0.2, 0.25) is 5.02 Å². The van der Waals surface area contributed by atoms with Crippen molar-refractivity contribution in [3.05, 3.63) is 28.0 Å². The fraction of sp³-hybridized carbons (Fsp3) is 0.567. The molecule has 0 amide bonds. The molecule has 3 aromatic rings. The molecule has 8 rings (SSSR count). The molecule has 0 radical (unpaired) electrons. The van der Waals surface area contributed by atoms with Crippen molar-refractivity contribution in [2.75, 3.05) is 36.9 Å². The molecule has 2 aromatic heterocycles. The van der Waals surface area contributed by atoms with E-state index in [-0.39, 0.29) is 63.8 Å². The number of aromatic nitrogens is 3. The number of nitrogens with two attached hydrogens (primary N) is 1. The lowest BCUT2D eigenvalue weighted by molar-refractivity contribution is -0.137. The van der Waals surface area contributed by atoms with Gasteiger partial charge in [-0.15, -0.1) is 0 Å². The van der Waals surface area contributed by atoms with Gasteiger partial charge in [0.15, 0.2) is 11.6 Å². The third kappa shape index (κ3) is 4.34. The molecule has 5 aliphatic heterocycles. The van der Waals surface area contributed by atoms with E-state index in [1.807, 2.05) is 11.8 Å². The van der Waals surface area contributed by atoms with Crippen LogP contribution in [0.3, 0.4) is 0 Å². The number of piperazine rings is 1. The highest BCUT2D eigenvalue weighted by atomic mass is 35.5. The van der Waals surface area contributed by atoms with Crippen molar-refractivity contribution >= 4 is 34.1 Å². The number of halogens is 6. The van der Waals surface area contributed by atoms with Crippen LogP contribution in [-0.4, -0.2) is 82.0 Å². The lowest BCUT2D eigenvalue weighted by atomic mass is 9.86. The fourth-order valence-corrected chi connectivity index (χ4v) is 8.52. The van der Waals surface area contributed by atoms with Crippen LogP contribution in [0.4, 0.5) is 33.6 Å². The van der Waals surface area contributed by atoms with Gasteiger partial charge in [-0.1, -0.05) is 11.6 Å². The molecule has 6 atom stereocenters. The largest absolute Gasteiger partial charge is 0.486 e. The van der Waals surface area contributed by atoms with Gasteiger partial charge in [-0.25, -0.2) is 13.8 Å². The van der Waals surface area contributed by atoms with E-state index >= 15 is 4.39 Å². The van der Waals surface area contributed by atoms with Crippen molar-refractivity contribution in [3.8, 4) is 23.0 Å². The van der Waals surface area contributed by atoms with Crippen LogP contribution >= 0.6 is 11.6 Å². The maximum absolute atomic E-state index is 16.9. The van der Waals surface area contributed by atoms with E-state index in [0.717, 1.165) is 31.9 Å². The van der Waals surface area contributed by atoms with Crippen molar-refractivity contribution < 1.29 is 31.4 Å². The predicted molar refractivity (Wildman–Crippen MR) is 157 cm³/mol. The molecule has 45 heavy (non-hydrogen) atoms. The Morgan fingerprint density at radius 1 is 1.22 bits per heavy atom. The van der Waals surface area contributed by atoms with E-state index in [9.17, 15) is 17.6 Å². The van der Waals surface area contributed by atoms with Crippen LogP contribution in [-0.2, 0) is 6.18 Å². The summed E-state index contributed by atoms with van der Waals surface area (Å²) in [5.74, 6) is -1.06. The van der Waals surface area contributed by atoms with Crippen molar-refractivity contribution in [2.24, 2.45) is 0 Å². The zero-order valence-electron chi connectivity index (χ0n) is 24.5. The maximum Gasteiger partial charge on any atom is 0.418 e. The number of pyridine rings is 1. The first kappa shape index (κ1) is 29.2. The first-order valence-corrected chi connectivity index (χ1v) is 15.5. The van der Waals surface area contributed by atoms with Gasteiger partial charge in [0.25, 0.3) is 0 Å². The van der Waals surface area contributed by atoms with Crippen LogP contribution in [0.5, 0.6) is 11.8 Å². The zero-order valence-corrected chi connectivity index (χ0v) is 25.3. The molecule has 240 valence electrons. The molecule has 4 fully saturated rings. The predicted octanol–water partition coefficient (Wildman–Crippen LogP) is 5.05. The highest BCUT2D eigenvalue weighted by Gasteiger charge is 2.53. The van der Waals surface area contributed by atoms with Crippen molar-refractivity contribution in [2.45, 2.75) is 81.6 Å². The third-order valence-electron chi connectivity index (χ3n) is 10.2. The smallest absolute Gasteiger partial charge is 0.418 e. The van der Waals surface area contributed by atoms with Gasteiger partial charge >= 0.3 is 12.2 Å². The average molecular weight is 652 g/mol. The summed E-state index contributed by atoms with van der Waals surface area (Å²) in [6.45, 7) is 4.78. The summed E-state index contributed by atoms with van der Waals surface area (Å²) in [7, 11) is 0. The molecule has 2 bridgehead atoms. The molecule has 15 heteroatoms. The van der Waals surface area contributed by atoms with Crippen LogP contribution < -0.4 is 25.4 Å². The first-order valence-electron chi connectivity index (χ1n) is 15.1. The quantitative estimate of drug-likeness (QED) is 0.376. The number of benzene rings is 1. The number of hydrogen-bond donors (Lipinski definition) is 2. The molecule has 7 heterocycles. The molecule has 1 unspecified atom stereocenters. The molecule has 9 nitrogen and oxygen atoms in total. The minimum atomic E-state index is -4.90. The summed E-state index contributed by atoms with van der Waals surface area (Å²) in [5, 5.41) is 3.38. The summed E-state index contributed by atoms with van der Waals surface area (Å²) in [4.78, 5) is 17.2. The summed E-state index contributed by atoms with van der Waals surface area (Å²) in [6, 6.07) is 0.859. The number of alkyl halides is 4. The van der Waals surface area contributed by atoms with Crippen molar-refractivity contribution in [1.82, 2.24) is 25.2 Å². The second-order valence-corrected chi connectivity index (χ2v) is 13.4. The van der Waals surface area contributed by atoms with E-state index in [1.54, 1.807) is 0 Å². The maximum atomic E-state index is 16.9. The van der Waals surface area contributed by atoms with Crippen LogP contribution in [0.1, 0.15) is 43.7 Å². The van der Waals surface area contributed by atoms with Crippen LogP contribution in [0.15, 0.2) is 6.07 Å². The van der Waals surface area contributed by atoms with E-state index in [2.05, 4.69) is 20.2 Å². The van der Waals surface area contributed by atoms with Gasteiger partial charge in [-0.05, 0) is 44.7 Å². The molecular weight excluding hydrogens is 621 g/mol. The van der Waals surface area contributed by atoms with Crippen LogP contribution in [0.25, 0.3) is 22.2 Å². The van der Waals surface area contributed by atoms with Gasteiger partial charge in [-0.2, -0.15) is 23.1 Å². The summed E-state index contributed by atoms with van der Waals surface area (Å²) in [6.07, 6.45) is -3.53. The lowest BCUT2D eigenvalue weighted by Gasteiger charge is -2.47. The fourth-order valence-electron chi connectivity index (χ4n) is 8.21. The number of fused-ring (bicyclic) bond motifs is 6. The number of nitrogens with zero attached hydrogens (tertiary/aromatic N) is 5. The molecular formula is C30H31ClF5N7O2. The third-order valence-corrected chi connectivity index (χ3v) is 10.6. The molecule has 1 aromatic carbocycles. The second kappa shape index (κ2) is 9.88. The molecule has 0 saturated carbocycles. The topological polar surface area (TPSA) is 102 Å². The summed E-state index contributed by atoms with van der Waals surface area (Å²) in [5.41, 5.74) is 2.29. The SMILES string of the molecule is Cc1cc(N)nc(-c2c(Cl)c3c4c(nc(OC[C@@]56CCN5C[C@H](F)C6)nc4c2F)N2C[C@H]4CC[C@H](N4)C2[C@H](C)O3)c1C(F)(F)F. The highest BCUT2D eigenvalue weighted by molar-refractivity contribution is 6.36. The number of nitrogen functional groups attached to an aromatic ring is 1. The zero-order chi connectivity index (χ0) is 31.6. The Morgan fingerprint density at radius 2 is 2.02 bits per heavy atom. The highest BCUT2D eigenvalue weighted by Crippen LogP contribution is 2.52. The van der Waals surface area contributed by atoms with Gasteiger partial charge in [0.1, 0.15) is 36.0 Å². The molecule has 0 spiro atoms. The van der Waals surface area contributed by atoms with Gasteiger partial charge in [0.2, 0.25) is 0 Å². The van der Waals surface area contributed by atoms with Gasteiger partial charge in [-0.3, -0.25) is 4.90 Å². The Kier molecular flexibility index (Phi) is 6.41. The lowest BCUT2D eigenvalue weighted by Crippen LogP contribution is -2.62. The van der Waals surface area contributed by atoms with Gasteiger partial charge < -0.3 is 25.4 Å². The van der Waals surface area contributed by atoms with E-state index < -0.39 is 46.6 Å². The minimum Gasteiger partial charge on any atom is -0.486 e. The number of hydrogen-bond acceptors (Lipinski definition) is 9. The first-order chi connectivity index (χ1) is 21.3. The average Bonchev–Trinajstić information content (AvgIpc) is 3.39. The van der Waals surface area contributed by atoms with Gasteiger partial charge in [0.05, 0.1) is 38.8 Å². The number of aryl methyl sites for hydroxylation is 1. The second-order valence-electron chi connectivity index (χ2n) is 13.0. The summed E-state index contributed by atoms with van der Waals surface area (Å²) < 4.78 is 87.0. The standard InChI is InChI=1S/C30H31ClF5N7O2/c1-12-7-17(37)39-23(20(12)30(34,35)36)18-21(31)26-19-24(22(18)33)40-28(44-11-29-5-6-42(29)9-14(32)8-29)41-27(19)43-10-15-3-4-16(38-15)25(43)13(2)45-26/h7,13-16,25,38H,3-6,8-11H2,1-2H3,(H2,37,39)/t13-,14+,15+,16-,25?,29-/m0/s1. The Bertz CT molecular complexity index is 1740. The van der Waals surface area contributed by atoms with Crippen LogP contribution in [0, 0.1) is 12.7 Å². The monoisotopic (exact) mass is 651 g/mol. The Balaban J connectivity index is 1.36. The molecule has 4 saturated heterocycles.